The molecule has 1 fully saturated rings. The third-order valence-electron chi connectivity index (χ3n) is 5.86. The summed E-state index contributed by atoms with van der Waals surface area (Å²) in [7, 11) is 3.89. The van der Waals surface area contributed by atoms with Crippen LogP contribution in [0.4, 0.5) is 20.5 Å². The highest BCUT2D eigenvalue weighted by atomic mass is 19.1. The monoisotopic (exact) mass is 455 g/mol. The normalized spacial score (nSPS) is 19.2. The van der Waals surface area contributed by atoms with Crippen LogP contribution in [0.5, 0.6) is 0 Å². The average molecular weight is 456 g/mol. The first-order valence-corrected chi connectivity index (χ1v) is 10.9. The smallest absolute Gasteiger partial charge is 0.253 e. The van der Waals surface area contributed by atoms with Crippen molar-refractivity contribution in [3.05, 3.63) is 59.7 Å². The molecule has 1 aliphatic rings. The Labute approximate surface area is 190 Å². The van der Waals surface area contributed by atoms with Gasteiger partial charge in [-0.25, -0.2) is 13.8 Å². The lowest BCUT2D eigenvalue weighted by Crippen LogP contribution is -2.42. The zero-order valence-electron chi connectivity index (χ0n) is 18.6. The number of aromatic nitrogens is 2. The van der Waals surface area contributed by atoms with E-state index in [1.165, 1.54) is 0 Å². The number of hydrogen-bond acceptors (Lipinski definition) is 6. The number of nitrogens with one attached hydrogen (secondary N) is 2. The number of rotatable bonds is 6. The van der Waals surface area contributed by atoms with E-state index in [1.807, 2.05) is 43.3 Å². The van der Waals surface area contributed by atoms with Crippen molar-refractivity contribution < 1.29 is 18.7 Å². The predicted molar refractivity (Wildman–Crippen MR) is 123 cm³/mol. The van der Waals surface area contributed by atoms with Crippen LogP contribution in [0.3, 0.4) is 0 Å². The van der Waals surface area contributed by atoms with E-state index in [4.69, 9.17) is 0 Å². The van der Waals surface area contributed by atoms with E-state index in [0.29, 0.717) is 24.9 Å². The van der Waals surface area contributed by atoms with Gasteiger partial charge in [-0.05, 0) is 55.5 Å². The lowest BCUT2D eigenvalue weighted by molar-refractivity contribution is -0.130. The minimum absolute atomic E-state index is 0.106. The number of halogens is 2. The van der Waals surface area contributed by atoms with Gasteiger partial charge in [0.2, 0.25) is 5.95 Å². The van der Waals surface area contributed by atoms with E-state index in [1.54, 1.807) is 0 Å². The number of anilines is 2. The molecule has 1 amide bonds. The summed E-state index contributed by atoms with van der Waals surface area (Å²) in [6, 6.07) is 10.5. The van der Waals surface area contributed by atoms with Gasteiger partial charge in [0.25, 0.3) is 5.91 Å². The predicted octanol–water partition coefficient (Wildman–Crippen LogP) is 3.55. The van der Waals surface area contributed by atoms with E-state index in [0.717, 1.165) is 41.7 Å². The summed E-state index contributed by atoms with van der Waals surface area (Å²) >= 11 is 0. The molecule has 1 atom stereocenters. The number of carbonyl (C=O) groups excluding carboxylic acids is 1. The highest BCUT2D eigenvalue weighted by Crippen LogP contribution is 2.27. The van der Waals surface area contributed by atoms with Crippen LogP contribution in [0.25, 0.3) is 10.9 Å². The van der Waals surface area contributed by atoms with Gasteiger partial charge in [0.1, 0.15) is 17.5 Å². The maximum atomic E-state index is 13.4. The summed E-state index contributed by atoms with van der Waals surface area (Å²) in [4.78, 5) is 23.7. The number of para-hydroxylation sites is 1. The van der Waals surface area contributed by atoms with Gasteiger partial charge in [0, 0.05) is 37.6 Å². The fourth-order valence-electron chi connectivity index (χ4n) is 4.19. The maximum absolute atomic E-state index is 13.4. The van der Waals surface area contributed by atoms with Crippen molar-refractivity contribution in [1.29, 1.82) is 0 Å². The minimum atomic E-state index is -1.62. The Hall–Kier alpha value is -3.33. The summed E-state index contributed by atoms with van der Waals surface area (Å²) in [5.41, 5.74) is 0.757. The highest BCUT2D eigenvalue weighted by Gasteiger charge is 2.26. The molecule has 33 heavy (non-hydrogen) atoms. The lowest BCUT2D eigenvalue weighted by Gasteiger charge is -2.30. The van der Waals surface area contributed by atoms with Crippen LogP contribution in [0, 0.1) is 11.6 Å². The molecule has 1 unspecified atom stereocenters. The van der Waals surface area contributed by atoms with Crippen molar-refractivity contribution >= 4 is 28.6 Å². The second-order valence-corrected chi connectivity index (χ2v) is 8.59. The number of nitrogens with zero attached hydrogens (tertiary/aromatic N) is 3. The van der Waals surface area contributed by atoms with Gasteiger partial charge in [-0.2, -0.15) is 4.98 Å². The van der Waals surface area contributed by atoms with Crippen molar-refractivity contribution in [3.63, 3.8) is 0 Å². The molecular weight excluding hydrogens is 428 g/mol. The van der Waals surface area contributed by atoms with Gasteiger partial charge in [0.05, 0.1) is 5.52 Å². The van der Waals surface area contributed by atoms with Crippen LogP contribution >= 0.6 is 0 Å². The molecular formula is C24H27F2N5O2. The van der Waals surface area contributed by atoms with Gasteiger partial charge in [-0.15, -0.1) is 0 Å². The summed E-state index contributed by atoms with van der Waals surface area (Å²) in [5, 5.41) is 17.4. The largest absolute Gasteiger partial charge is 0.378 e. The molecule has 1 saturated carbocycles. The Bertz CT molecular complexity index is 1130. The molecule has 0 bridgehead atoms. The number of hydrogen-bond donors (Lipinski definition) is 3. The molecule has 1 aliphatic carbocycles. The summed E-state index contributed by atoms with van der Waals surface area (Å²) in [5.74, 6) is -0.932. The molecule has 1 heterocycles. The van der Waals surface area contributed by atoms with Gasteiger partial charge in [-0.3, -0.25) is 4.79 Å². The maximum Gasteiger partial charge on any atom is 0.253 e. The second-order valence-electron chi connectivity index (χ2n) is 8.59. The average Bonchev–Trinajstić information content (AvgIpc) is 2.78. The number of amides is 1. The van der Waals surface area contributed by atoms with E-state index >= 15 is 0 Å². The molecule has 0 spiro atoms. The molecule has 4 rings (SSSR count). The SMILES string of the molecule is CN(C)c1nc(NC2CCC(NC(=O)C(O)c3cc(F)cc(F)c3)CC2)nc2ccccc12. The van der Waals surface area contributed by atoms with Crippen LogP contribution in [0.2, 0.25) is 0 Å². The van der Waals surface area contributed by atoms with Crippen molar-refractivity contribution in [2.75, 3.05) is 24.3 Å². The molecule has 0 radical (unpaired) electrons. The van der Waals surface area contributed by atoms with Crippen molar-refractivity contribution in [2.45, 2.75) is 43.9 Å². The topological polar surface area (TPSA) is 90.4 Å². The first-order valence-electron chi connectivity index (χ1n) is 10.9. The Balaban J connectivity index is 1.35. The van der Waals surface area contributed by atoms with Crippen LogP contribution in [-0.4, -0.2) is 47.2 Å². The van der Waals surface area contributed by atoms with E-state index in [-0.39, 0.29) is 17.6 Å². The zero-order valence-corrected chi connectivity index (χ0v) is 18.6. The fraction of sp³-hybridized carbons (Fsp3) is 0.375. The van der Waals surface area contributed by atoms with Gasteiger partial charge >= 0.3 is 0 Å². The summed E-state index contributed by atoms with van der Waals surface area (Å²) in [6.45, 7) is 0. The van der Waals surface area contributed by atoms with Gasteiger partial charge in [0.15, 0.2) is 6.10 Å². The van der Waals surface area contributed by atoms with Crippen molar-refractivity contribution in [1.82, 2.24) is 15.3 Å². The second kappa shape index (κ2) is 9.66. The van der Waals surface area contributed by atoms with Crippen molar-refractivity contribution in [2.24, 2.45) is 0 Å². The fourth-order valence-corrected chi connectivity index (χ4v) is 4.19. The summed E-state index contributed by atoms with van der Waals surface area (Å²) < 4.78 is 26.8. The van der Waals surface area contributed by atoms with Crippen LogP contribution in [-0.2, 0) is 4.79 Å². The van der Waals surface area contributed by atoms with Crippen LogP contribution < -0.4 is 15.5 Å². The van der Waals surface area contributed by atoms with E-state index in [9.17, 15) is 18.7 Å². The molecule has 0 saturated heterocycles. The standard InChI is InChI=1S/C24H27F2N5O2/c1-31(2)22-19-5-3-4-6-20(19)29-24(30-22)28-18-9-7-17(8-10-18)27-23(33)21(32)14-11-15(25)13-16(26)12-14/h3-6,11-13,17-18,21,32H,7-10H2,1-2H3,(H,27,33)(H,28,29,30). The number of aliphatic hydroxyl groups excluding tert-OH is 1. The molecule has 1 aromatic heterocycles. The Kier molecular flexibility index (Phi) is 6.69. The Morgan fingerprint density at radius 2 is 1.67 bits per heavy atom. The minimum Gasteiger partial charge on any atom is -0.378 e. The van der Waals surface area contributed by atoms with Gasteiger partial charge in [-0.1, -0.05) is 12.1 Å². The number of carbonyl (C=O) groups is 1. The molecule has 3 N–H and O–H groups in total. The first-order chi connectivity index (χ1) is 15.8. The third-order valence-corrected chi connectivity index (χ3v) is 5.86. The number of aliphatic hydroxyl groups is 1. The first kappa shape index (κ1) is 22.8. The zero-order chi connectivity index (χ0) is 23.5. The molecule has 0 aliphatic heterocycles. The summed E-state index contributed by atoms with van der Waals surface area (Å²) in [6.07, 6.45) is 1.33. The van der Waals surface area contributed by atoms with E-state index < -0.39 is 23.6 Å². The Morgan fingerprint density at radius 3 is 2.33 bits per heavy atom. The molecule has 3 aromatic rings. The molecule has 7 nitrogen and oxygen atoms in total. The lowest BCUT2D eigenvalue weighted by atomic mass is 9.91. The highest BCUT2D eigenvalue weighted by molar-refractivity contribution is 5.90. The van der Waals surface area contributed by atoms with E-state index in [2.05, 4.69) is 20.6 Å². The third kappa shape index (κ3) is 5.36. The molecule has 9 heteroatoms. The van der Waals surface area contributed by atoms with Crippen molar-refractivity contribution in [3.8, 4) is 0 Å². The van der Waals surface area contributed by atoms with Crippen LogP contribution in [0.1, 0.15) is 37.4 Å². The van der Waals surface area contributed by atoms with Gasteiger partial charge < -0.3 is 20.6 Å². The van der Waals surface area contributed by atoms with Crippen LogP contribution in [0.15, 0.2) is 42.5 Å². The Morgan fingerprint density at radius 1 is 1.03 bits per heavy atom. The molecule has 2 aromatic carbocycles. The molecule has 174 valence electrons. The number of benzene rings is 2. The quantitative estimate of drug-likeness (QED) is 0.527. The number of fused-ring (bicyclic) bond motifs is 1.